The summed E-state index contributed by atoms with van der Waals surface area (Å²) in [5, 5.41) is 8.54. The van der Waals surface area contributed by atoms with Crippen molar-refractivity contribution >= 4 is 22.4 Å². The molecular formula is C15H17N3O2S. The maximum absolute atomic E-state index is 12.3. The highest BCUT2D eigenvalue weighted by Gasteiger charge is 2.16. The molecule has 2 aromatic rings. The van der Waals surface area contributed by atoms with E-state index in [1.54, 1.807) is 6.07 Å². The number of nitrogens with zero attached hydrogens (tertiary/aromatic N) is 1. The molecule has 3 rings (SSSR count). The average molecular weight is 303 g/mol. The van der Waals surface area contributed by atoms with E-state index in [-0.39, 0.29) is 11.9 Å². The van der Waals surface area contributed by atoms with Crippen molar-refractivity contribution in [1.29, 1.82) is 0 Å². The van der Waals surface area contributed by atoms with Crippen molar-refractivity contribution in [3.8, 4) is 5.75 Å². The van der Waals surface area contributed by atoms with E-state index in [2.05, 4.69) is 15.6 Å². The molecule has 0 bridgehead atoms. The molecule has 2 heterocycles. The van der Waals surface area contributed by atoms with Crippen molar-refractivity contribution < 1.29 is 9.53 Å². The van der Waals surface area contributed by atoms with Crippen molar-refractivity contribution in [3.05, 3.63) is 40.4 Å². The number of anilines is 1. The Bertz CT molecular complexity index is 669. The zero-order valence-electron chi connectivity index (χ0n) is 12.0. The van der Waals surface area contributed by atoms with E-state index in [1.807, 2.05) is 31.5 Å². The summed E-state index contributed by atoms with van der Waals surface area (Å²) in [6.07, 6.45) is 0.859. The van der Waals surface area contributed by atoms with Gasteiger partial charge in [-0.05, 0) is 37.7 Å². The summed E-state index contributed by atoms with van der Waals surface area (Å²) in [6.45, 7) is 2.72. The van der Waals surface area contributed by atoms with Gasteiger partial charge in [0.25, 0.3) is 5.91 Å². The maximum Gasteiger partial charge on any atom is 0.257 e. The molecule has 0 aliphatic carbocycles. The van der Waals surface area contributed by atoms with Gasteiger partial charge in [0, 0.05) is 23.4 Å². The van der Waals surface area contributed by atoms with Crippen LogP contribution in [0.15, 0.2) is 23.6 Å². The SMILES string of the molecule is CNC(C)c1csc(NC(=O)c2ccc3c(c2)CCO3)n1. The van der Waals surface area contributed by atoms with Crippen molar-refractivity contribution in [2.45, 2.75) is 19.4 Å². The average Bonchev–Trinajstić information content (AvgIpc) is 3.14. The number of carbonyl (C=O) groups is 1. The van der Waals surface area contributed by atoms with Crippen LogP contribution in [0.25, 0.3) is 0 Å². The first-order valence-corrected chi connectivity index (χ1v) is 7.75. The molecule has 0 spiro atoms. The van der Waals surface area contributed by atoms with Gasteiger partial charge in [-0.2, -0.15) is 0 Å². The van der Waals surface area contributed by atoms with Gasteiger partial charge in [-0.25, -0.2) is 4.98 Å². The molecule has 110 valence electrons. The highest BCUT2D eigenvalue weighted by molar-refractivity contribution is 7.14. The molecule has 1 aliphatic heterocycles. The summed E-state index contributed by atoms with van der Waals surface area (Å²) in [6, 6.07) is 5.70. The number of ether oxygens (including phenoxy) is 1. The Labute approximate surface area is 127 Å². The second kappa shape index (κ2) is 5.83. The molecule has 0 saturated carbocycles. The Morgan fingerprint density at radius 2 is 2.33 bits per heavy atom. The van der Waals surface area contributed by atoms with E-state index < -0.39 is 0 Å². The van der Waals surface area contributed by atoms with Crippen molar-refractivity contribution in [3.63, 3.8) is 0 Å². The van der Waals surface area contributed by atoms with Gasteiger partial charge in [-0.3, -0.25) is 10.1 Å². The summed E-state index contributed by atoms with van der Waals surface area (Å²) in [4.78, 5) is 16.7. The fourth-order valence-electron chi connectivity index (χ4n) is 2.19. The van der Waals surface area contributed by atoms with Gasteiger partial charge >= 0.3 is 0 Å². The first-order chi connectivity index (χ1) is 10.2. The number of hydrogen-bond donors (Lipinski definition) is 2. The third-order valence-corrected chi connectivity index (χ3v) is 4.35. The number of carbonyl (C=O) groups excluding carboxylic acids is 1. The van der Waals surface area contributed by atoms with Crippen molar-refractivity contribution in [2.75, 3.05) is 19.0 Å². The first-order valence-electron chi connectivity index (χ1n) is 6.87. The summed E-state index contributed by atoms with van der Waals surface area (Å²) in [7, 11) is 1.88. The third-order valence-electron chi connectivity index (χ3n) is 3.57. The van der Waals surface area contributed by atoms with Gasteiger partial charge in [-0.15, -0.1) is 11.3 Å². The lowest BCUT2D eigenvalue weighted by Crippen LogP contribution is -2.14. The summed E-state index contributed by atoms with van der Waals surface area (Å²) >= 11 is 1.43. The molecule has 2 N–H and O–H groups in total. The lowest BCUT2D eigenvalue weighted by molar-refractivity contribution is 0.102. The topological polar surface area (TPSA) is 63.2 Å². The quantitative estimate of drug-likeness (QED) is 0.911. The molecule has 0 saturated heterocycles. The molecule has 5 nitrogen and oxygen atoms in total. The minimum absolute atomic E-state index is 0.136. The standard InChI is InChI=1S/C15H17N3O2S/c1-9(16-2)12-8-21-15(17-12)18-14(19)11-3-4-13-10(7-11)5-6-20-13/h3-4,7-9,16H,5-6H2,1-2H3,(H,17,18,19). The van der Waals surface area contributed by atoms with Crippen LogP contribution in [0.1, 0.15) is 34.6 Å². The number of thiazole rings is 1. The minimum atomic E-state index is -0.136. The smallest absolute Gasteiger partial charge is 0.257 e. The number of aromatic nitrogens is 1. The molecule has 1 unspecified atom stereocenters. The van der Waals surface area contributed by atoms with Gasteiger partial charge in [0.05, 0.1) is 12.3 Å². The predicted octanol–water partition coefficient (Wildman–Crippen LogP) is 2.61. The van der Waals surface area contributed by atoms with Crippen LogP contribution < -0.4 is 15.4 Å². The van der Waals surface area contributed by atoms with Crippen molar-refractivity contribution in [2.24, 2.45) is 0 Å². The largest absolute Gasteiger partial charge is 0.493 e. The molecule has 1 amide bonds. The highest BCUT2D eigenvalue weighted by Crippen LogP contribution is 2.26. The normalized spacial score (nSPS) is 14.4. The number of hydrogen-bond acceptors (Lipinski definition) is 5. The zero-order valence-corrected chi connectivity index (χ0v) is 12.8. The van der Waals surface area contributed by atoms with E-state index in [9.17, 15) is 4.79 Å². The van der Waals surface area contributed by atoms with Gasteiger partial charge < -0.3 is 10.1 Å². The maximum atomic E-state index is 12.3. The van der Waals surface area contributed by atoms with Crippen LogP contribution in [0.5, 0.6) is 5.75 Å². The molecule has 1 atom stereocenters. The molecule has 0 radical (unpaired) electrons. The second-order valence-corrected chi connectivity index (χ2v) is 5.82. The van der Waals surface area contributed by atoms with Crippen LogP contribution >= 0.6 is 11.3 Å². The number of amides is 1. The van der Waals surface area contributed by atoms with Crippen LogP contribution in [-0.2, 0) is 6.42 Å². The van der Waals surface area contributed by atoms with Gasteiger partial charge in [0.15, 0.2) is 5.13 Å². The van der Waals surface area contributed by atoms with Gasteiger partial charge in [0.2, 0.25) is 0 Å². The Balaban J connectivity index is 1.73. The number of fused-ring (bicyclic) bond motifs is 1. The van der Waals surface area contributed by atoms with E-state index in [1.165, 1.54) is 11.3 Å². The summed E-state index contributed by atoms with van der Waals surface area (Å²) in [5.41, 5.74) is 2.66. The number of rotatable bonds is 4. The minimum Gasteiger partial charge on any atom is -0.493 e. The summed E-state index contributed by atoms with van der Waals surface area (Å²) < 4.78 is 5.44. The fourth-order valence-corrected chi connectivity index (χ4v) is 2.99. The van der Waals surface area contributed by atoms with Gasteiger partial charge in [0.1, 0.15) is 5.75 Å². The van der Waals surface area contributed by atoms with Crippen LogP contribution in [0, 0.1) is 0 Å². The lowest BCUT2D eigenvalue weighted by atomic mass is 10.1. The molecule has 1 aromatic carbocycles. The Kier molecular flexibility index (Phi) is 3.90. The predicted molar refractivity (Wildman–Crippen MR) is 83.2 cm³/mol. The zero-order chi connectivity index (χ0) is 14.8. The molecule has 6 heteroatoms. The van der Waals surface area contributed by atoms with E-state index in [0.717, 1.165) is 23.4 Å². The number of nitrogens with one attached hydrogen (secondary N) is 2. The number of benzene rings is 1. The molecule has 21 heavy (non-hydrogen) atoms. The van der Waals surface area contributed by atoms with Crippen LogP contribution in [0.2, 0.25) is 0 Å². The van der Waals surface area contributed by atoms with E-state index in [4.69, 9.17) is 4.74 Å². The molecule has 1 aliphatic rings. The Morgan fingerprint density at radius 3 is 3.14 bits per heavy atom. The van der Waals surface area contributed by atoms with E-state index in [0.29, 0.717) is 17.3 Å². The molecule has 1 aromatic heterocycles. The molecular weight excluding hydrogens is 286 g/mol. The Hall–Kier alpha value is -1.92. The highest BCUT2D eigenvalue weighted by atomic mass is 32.1. The second-order valence-electron chi connectivity index (χ2n) is 4.96. The monoisotopic (exact) mass is 303 g/mol. The molecule has 0 fully saturated rings. The van der Waals surface area contributed by atoms with Crippen LogP contribution in [0.4, 0.5) is 5.13 Å². The third kappa shape index (κ3) is 2.91. The lowest BCUT2D eigenvalue weighted by Gasteiger charge is -2.06. The Morgan fingerprint density at radius 1 is 1.48 bits per heavy atom. The first kappa shape index (κ1) is 14.0. The van der Waals surface area contributed by atoms with Crippen molar-refractivity contribution in [1.82, 2.24) is 10.3 Å². The van der Waals surface area contributed by atoms with Gasteiger partial charge in [-0.1, -0.05) is 0 Å². The van der Waals surface area contributed by atoms with Crippen LogP contribution in [-0.4, -0.2) is 24.5 Å². The van der Waals surface area contributed by atoms with Crippen LogP contribution in [0.3, 0.4) is 0 Å². The van der Waals surface area contributed by atoms with E-state index >= 15 is 0 Å². The summed E-state index contributed by atoms with van der Waals surface area (Å²) in [5.74, 6) is 0.744. The fraction of sp³-hybridized carbons (Fsp3) is 0.333.